The SMILES string of the molecule is CNCCN(C)S(=O)(=O)c1cccc(S(N)(=O)=O)c1. The lowest BCUT2D eigenvalue weighted by Crippen LogP contribution is -2.33. The van der Waals surface area contributed by atoms with E-state index in [1.165, 1.54) is 25.2 Å². The molecule has 0 heterocycles. The second-order valence-electron chi connectivity index (χ2n) is 3.95. The number of nitrogens with one attached hydrogen (secondary N) is 1. The molecular weight excluding hydrogens is 290 g/mol. The molecule has 7 nitrogen and oxygen atoms in total. The monoisotopic (exact) mass is 307 g/mol. The van der Waals surface area contributed by atoms with Gasteiger partial charge in [-0.1, -0.05) is 6.07 Å². The minimum Gasteiger partial charge on any atom is -0.318 e. The first-order valence-corrected chi connectivity index (χ1v) is 8.42. The van der Waals surface area contributed by atoms with E-state index >= 15 is 0 Å². The number of likely N-dealkylation sites (N-methyl/N-ethyl adjacent to an activating group) is 2. The Morgan fingerprint density at radius 1 is 1.21 bits per heavy atom. The largest absolute Gasteiger partial charge is 0.318 e. The molecule has 0 spiro atoms. The molecule has 0 atom stereocenters. The highest BCUT2D eigenvalue weighted by molar-refractivity contribution is 7.90. The van der Waals surface area contributed by atoms with Gasteiger partial charge < -0.3 is 5.32 Å². The molecule has 0 bridgehead atoms. The van der Waals surface area contributed by atoms with Crippen molar-refractivity contribution >= 4 is 20.0 Å². The van der Waals surface area contributed by atoms with Crippen LogP contribution in [0.5, 0.6) is 0 Å². The van der Waals surface area contributed by atoms with Gasteiger partial charge in [0.15, 0.2) is 0 Å². The van der Waals surface area contributed by atoms with E-state index in [4.69, 9.17) is 5.14 Å². The third-order valence-electron chi connectivity index (χ3n) is 2.52. The van der Waals surface area contributed by atoms with E-state index in [1.807, 2.05) is 0 Å². The van der Waals surface area contributed by atoms with Crippen LogP contribution in [-0.4, -0.2) is 48.3 Å². The van der Waals surface area contributed by atoms with Gasteiger partial charge in [-0.25, -0.2) is 22.0 Å². The summed E-state index contributed by atoms with van der Waals surface area (Å²) in [6.07, 6.45) is 0. The van der Waals surface area contributed by atoms with Crippen molar-refractivity contribution in [3.05, 3.63) is 24.3 Å². The fraction of sp³-hybridized carbons (Fsp3) is 0.400. The van der Waals surface area contributed by atoms with E-state index in [2.05, 4.69) is 5.32 Å². The van der Waals surface area contributed by atoms with Gasteiger partial charge in [0.05, 0.1) is 9.79 Å². The molecule has 0 unspecified atom stereocenters. The Hall–Kier alpha value is -1.00. The first kappa shape index (κ1) is 16.1. The normalized spacial score (nSPS) is 12.8. The summed E-state index contributed by atoms with van der Waals surface area (Å²) in [5.74, 6) is 0. The van der Waals surface area contributed by atoms with Gasteiger partial charge in [-0.05, 0) is 25.2 Å². The quantitative estimate of drug-likeness (QED) is 0.713. The van der Waals surface area contributed by atoms with Crippen LogP contribution < -0.4 is 10.5 Å². The van der Waals surface area contributed by atoms with Gasteiger partial charge in [-0.2, -0.15) is 4.31 Å². The first-order chi connectivity index (χ1) is 8.69. The van der Waals surface area contributed by atoms with Gasteiger partial charge in [0.25, 0.3) is 0 Å². The Labute approximate surface area is 113 Å². The van der Waals surface area contributed by atoms with Crippen LogP contribution in [0.15, 0.2) is 34.1 Å². The van der Waals surface area contributed by atoms with Crippen LogP contribution in [-0.2, 0) is 20.0 Å². The lowest BCUT2D eigenvalue weighted by Gasteiger charge is -2.17. The zero-order valence-electron chi connectivity index (χ0n) is 10.7. The summed E-state index contributed by atoms with van der Waals surface area (Å²) >= 11 is 0. The van der Waals surface area contributed by atoms with Crippen molar-refractivity contribution in [1.82, 2.24) is 9.62 Å². The fourth-order valence-corrected chi connectivity index (χ4v) is 3.23. The van der Waals surface area contributed by atoms with E-state index in [0.29, 0.717) is 6.54 Å². The molecule has 0 aromatic heterocycles. The Kier molecular flexibility index (Phi) is 5.04. The van der Waals surface area contributed by atoms with Gasteiger partial charge in [-0.3, -0.25) is 0 Å². The molecule has 0 aliphatic rings. The summed E-state index contributed by atoms with van der Waals surface area (Å²) < 4.78 is 47.9. The molecular formula is C10H17N3O4S2. The van der Waals surface area contributed by atoms with Crippen molar-refractivity contribution in [2.24, 2.45) is 5.14 Å². The number of rotatable bonds is 6. The summed E-state index contributed by atoms with van der Waals surface area (Å²) in [6, 6.07) is 4.99. The smallest absolute Gasteiger partial charge is 0.242 e. The van der Waals surface area contributed by atoms with E-state index in [9.17, 15) is 16.8 Å². The van der Waals surface area contributed by atoms with Crippen molar-refractivity contribution < 1.29 is 16.8 Å². The average molecular weight is 307 g/mol. The molecule has 0 saturated heterocycles. The summed E-state index contributed by atoms with van der Waals surface area (Å²) in [6.45, 7) is 0.767. The van der Waals surface area contributed by atoms with Crippen LogP contribution >= 0.6 is 0 Å². The third kappa shape index (κ3) is 3.98. The zero-order valence-corrected chi connectivity index (χ0v) is 12.3. The Morgan fingerprint density at radius 3 is 2.32 bits per heavy atom. The van der Waals surface area contributed by atoms with Gasteiger partial charge in [0.1, 0.15) is 0 Å². The third-order valence-corrected chi connectivity index (χ3v) is 5.28. The van der Waals surface area contributed by atoms with Crippen LogP contribution in [0.25, 0.3) is 0 Å². The minimum atomic E-state index is -3.92. The number of hydrogen-bond acceptors (Lipinski definition) is 5. The van der Waals surface area contributed by atoms with Gasteiger partial charge in [0.2, 0.25) is 20.0 Å². The predicted molar refractivity (Wildman–Crippen MR) is 71.6 cm³/mol. The van der Waals surface area contributed by atoms with E-state index in [0.717, 1.165) is 10.4 Å². The molecule has 1 aromatic carbocycles. The topological polar surface area (TPSA) is 110 Å². The van der Waals surface area contributed by atoms with Crippen molar-refractivity contribution in [2.75, 3.05) is 27.2 Å². The Balaban J connectivity index is 3.16. The maximum absolute atomic E-state index is 12.2. The number of nitrogens with two attached hydrogens (primary N) is 1. The Bertz CT molecular complexity index is 640. The summed E-state index contributed by atoms with van der Waals surface area (Å²) in [7, 11) is -4.51. The molecule has 0 aliphatic heterocycles. The molecule has 1 rings (SSSR count). The minimum absolute atomic E-state index is 0.0994. The summed E-state index contributed by atoms with van der Waals surface area (Å²) in [4.78, 5) is -0.326. The highest BCUT2D eigenvalue weighted by atomic mass is 32.2. The highest BCUT2D eigenvalue weighted by Gasteiger charge is 2.21. The second-order valence-corrected chi connectivity index (χ2v) is 7.56. The molecule has 0 fully saturated rings. The molecule has 0 aliphatic carbocycles. The van der Waals surface area contributed by atoms with Crippen molar-refractivity contribution in [3.63, 3.8) is 0 Å². The number of hydrogen-bond donors (Lipinski definition) is 2. The molecule has 0 radical (unpaired) electrons. The molecule has 3 N–H and O–H groups in total. The average Bonchev–Trinajstić information content (AvgIpc) is 2.35. The van der Waals surface area contributed by atoms with Crippen LogP contribution in [0, 0.1) is 0 Å². The summed E-state index contributed by atoms with van der Waals surface area (Å²) in [5, 5.41) is 7.81. The van der Waals surface area contributed by atoms with Gasteiger partial charge in [0, 0.05) is 20.1 Å². The van der Waals surface area contributed by atoms with E-state index in [1.54, 1.807) is 7.05 Å². The zero-order chi connectivity index (χ0) is 14.7. The maximum Gasteiger partial charge on any atom is 0.242 e. The van der Waals surface area contributed by atoms with Crippen molar-refractivity contribution in [3.8, 4) is 0 Å². The van der Waals surface area contributed by atoms with Gasteiger partial charge in [-0.15, -0.1) is 0 Å². The van der Waals surface area contributed by atoms with Gasteiger partial charge >= 0.3 is 0 Å². The van der Waals surface area contributed by atoms with E-state index in [-0.39, 0.29) is 16.3 Å². The number of nitrogens with zero attached hydrogens (tertiary/aromatic N) is 1. The molecule has 1 aromatic rings. The molecule has 0 saturated carbocycles. The molecule has 9 heteroatoms. The first-order valence-electron chi connectivity index (χ1n) is 5.43. The lowest BCUT2D eigenvalue weighted by molar-refractivity contribution is 0.466. The summed E-state index contributed by atoms with van der Waals surface area (Å²) in [5.41, 5.74) is 0. The lowest BCUT2D eigenvalue weighted by atomic mass is 10.4. The number of sulfonamides is 2. The standard InChI is InChI=1S/C10H17N3O4S2/c1-12-6-7-13(2)19(16,17)10-5-3-4-9(8-10)18(11,14)15/h3-5,8,12H,6-7H2,1-2H3,(H2,11,14,15). The highest BCUT2D eigenvalue weighted by Crippen LogP contribution is 2.17. The molecule has 0 amide bonds. The fourth-order valence-electron chi connectivity index (χ4n) is 1.38. The molecule has 19 heavy (non-hydrogen) atoms. The van der Waals surface area contributed by atoms with Crippen LogP contribution in [0.3, 0.4) is 0 Å². The van der Waals surface area contributed by atoms with Crippen molar-refractivity contribution in [2.45, 2.75) is 9.79 Å². The van der Waals surface area contributed by atoms with Crippen LogP contribution in [0.2, 0.25) is 0 Å². The van der Waals surface area contributed by atoms with E-state index < -0.39 is 20.0 Å². The number of benzene rings is 1. The predicted octanol–water partition coefficient (Wildman–Crippen LogP) is -0.826. The second kappa shape index (κ2) is 5.97. The van der Waals surface area contributed by atoms with Crippen LogP contribution in [0.1, 0.15) is 0 Å². The maximum atomic E-state index is 12.2. The van der Waals surface area contributed by atoms with Crippen LogP contribution in [0.4, 0.5) is 0 Å². The van der Waals surface area contributed by atoms with Crippen molar-refractivity contribution in [1.29, 1.82) is 0 Å². The number of primary sulfonamides is 1. The Morgan fingerprint density at radius 2 is 1.79 bits per heavy atom. The molecule has 108 valence electrons.